The number of rotatable bonds is 3. The van der Waals surface area contributed by atoms with Gasteiger partial charge in [-0.2, -0.15) is 5.26 Å². The van der Waals surface area contributed by atoms with Crippen molar-refractivity contribution in [3.8, 4) is 6.07 Å². The van der Waals surface area contributed by atoms with Crippen LogP contribution >= 0.6 is 0 Å². The molecule has 0 N–H and O–H groups in total. The number of pyridine rings is 1. The van der Waals surface area contributed by atoms with Gasteiger partial charge in [0.2, 0.25) is 0 Å². The van der Waals surface area contributed by atoms with Gasteiger partial charge in [-0.15, -0.1) is 0 Å². The third-order valence-electron chi connectivity index (χ3n) is 3.41. The Kier molecular flexibility index (Phi) is 3.81. The first-order valence-electron chi connectivity index (χ1n) is 6.90. The van der Waals surface area contributed by atoms with Crippen LogP contribution in [-0.4, -0.2) is 9.91 Å². The molecule has 0 aliphatic heterocycles. The molecule has 0 saturated carbocycles. The van der Waals surface area contributed by atoms with Gasteiger partial charge in [0.25, 0.3) is 5.69 Å². The lowest BCUT2D eigenvalue weighted by Crippen LogP contribution is -1.89. The fourth-order valence-corrected chi connectivity index (χ4v) is 2.24. The van der Waals surface area contributed by atoms with Crippen molar-refractivity contribution in [2.24, 2.45) is 0 Å². The van der Waals surface area contributed by atoms with Crippen molar-refractivity contribution in [3.63, 3.8) is 0 Å². The van der Waals surface area contributed by atoms with E-state index in [9.17, 15) is 15.4 Å². The summed E-state index contributed by atoms with van der Waals surface area (Å²) in [6.07, 6.45) is 1.67. The minimum atomic E-state index is -0.455. The van der Waals surface area contributed by atoms with E-state index in [4.69, 9.17) is 0 Å². The summed E-state index contributed by atoms with van der Waals surface area (Å²) in [7, 11) is 0. The molecule has 0 unspecified atom stereocenters. The smallest absolute Gasteiger partial charge is 0.258 e. The number of hydrogen-bond donors (Lipinski definition) is 0. The van der Waals surface area contributed by atoms with Gasteiger partial charge in [0.1, 0.15) is 6.07 Å². The highest BCUT2D eigenvalue weighted by Crippen LogP contribution is 2.21. The fourth-order valence-electron chi connectivity index (χ4n) is 2.24. The molecule has 3 aromatic rings. The number of non-ortho nitro benzene ring substituents is 1. The Morgan fingerprint density at radius 2 is 1.83 bits per heavy atom. The second-order valence-electron chi connectivity index (χ2n) is 4.91. The lowest BCUT2D eigenvalue weighted by molar-refractivity contribution is -0.384. The van der Waals surface area contributed by atoms with Gasteiger partial charge in [0.05, 0.1) is 21.7 Å². The first-order valence-corrected chi connectivity index (χ1v) is 6.90. The summed E-state index contributed by atoms with van der Waals surface area (Å²) in [5.41, 5.74) is 2.52. The molecular weight excluding hydrogens is 290 g/mol. The summed E-state index contributed by atoms with van der Waals surface area (Å²) in [4.78, 5) is 14.7. The first-order chi connectivity index (χ1) is 11.2. The van der Waals surface area contributed by atoms with Crippen molar-refractivity contribution in [1.29, 1.82) is 5.26 Å². The van der Waals surface area contributed by atoms with E-state index in [2.05, 4.69) is 11.1 Å². The van der Waals surface area contributed by atoms with E-state index in [1.807, 2.05) is 30.3 Å². The Bertz CT molecular complexity index is 954. The van der Waals surface area contributed by atoms with Crippen LogP contribution in [0.3, 0.4) is 0 Å². The second kappa shape index (κ2) is 6.08. The van der Waals surface area contributed by atoms with Crippen LogP contribution in [-0.2, 0) is 0 Å². The number of nitrogens with zero attached hydrogens (tertiary/aromatic N) is 3. The molecule has 23 heavy (non-hydrogen) atoms. The summed E-state index contributed by atoms with van der Waals surface area (Å²) in [6, 6.07) is 19.6. The number of hydrogen-bond acceptors (Lipinski definition) is 4. The van der Waals surface area contributed by atoms with E-state index in [1.165, 1.54) is 12.1 Å². The van der Waals surface area contributed by atoms with Crippen LogP contribution in [0.4, 0.5) is 5.69 Å². The molecule has 0 radical (unpaired) electrons. The number of aromatic nitrogens is 1. The Morgan fingerprint density at radius 3 is 2.52 bits per heavy atom. The third-order valence-corrected chi connectivity index (χ3v) is 3.41. The van der Waals surface area contributed by atoms with Crippen LogP contribution < -0.4 is 0 Å². The average Bonchev–Trinajstić information content (AvgIpc) is 2.59. The molecule has 110 valence electrons. The quantitative estimate of drug-likeness (QED) is 0.412. The lowest BCUT2D eigenvalue weighted by Gasteiger charge is -2.02. The summed E-state index contributed by atoms with van der Waals surface area (Å²) in [6.45, 7) is 0. The number of nitro benzene ring substituents is 1. The molecule has 0 spiro atoms. The average molecular weight is 301 g/mol. The predicted molar refractivity (Wildman–Crippen MR) is 88.3 cm³/mol. The minimum Gasteiger partial charge on any atom is -0.258 e. The van der Waals surface area contributed by atoms with Crippen molar-refractivity contribution in [2.75, 3.05) is 0 Å². The highest BCUT2D eigenvalue weighted by atomic mass is 16.6. The maximum atomic E-state index is 10.7. The van der Waals surface area contributed by atoms with Gasteiger partial charge in [0.15, 0.2) is 0 Å². The molecule has 1 heterocycles. The van der Waals surface area contributed by atoms with Crippen molar-refractivity contribution >= 4 is 28.2 Å². The fraction of sp³-hybridized carbons (Fsp3) is 0. The maximum Gasteiger partial charge on any atom is 0.269 e. The summed E-state index contributed by atoms with van der Waals surface area (Å²) < 4.78 is 0. The lowest BCUT2D eigenvalue weighted by atomic mass is 10.1. The molecule has 1 aromatic heterocycles. The van der Waals surface area contributed by atoms with Gasteiger partial charge < -0.3 is 0 Å². The van der Waals surface area contributed by atoms with Crippen LogP contribution in [0.25, 0.3) is 22.6 Å². The zero-order chi connectivity index (χ0) is 16.2. The van der Waals surface area contributed by atoms with E-state index in [0.29, 0.717) is 16.8 Å². The molecule has 0 bridgehead atoms. The molecule has 0 aliphatic rings. The predicted octanol–water partition coefficient (Wildman–Crippen LogP) is 4.21. The number of fused-ring (bicyclic) bond motifs is 1. The Morgan fingerprint density at radius 1 is 1.09 bits per heavy atom. The SMILES string of the molecule is N#CC(=Cc1ccc([N+](=O)[O-])cc1)c1ccc2ccccc2n1. The molecule has 5 heteroatoms. The topological polar surface area (TPSA) is 79.8 Å². The maximum absolute atomic E-state index is 10.7. The standard InChI is InChI=1S/C18H11N3O2/c19-12-15(11-13-5-8-16(9-6-13)21(22)23)18-10-7-14-3-1-2-4-17(14)20-18/h1-11H. The zero-order valence-electron chi connectivity index (χ0n) is 12.0. The zero-order valence-corrected chi connectivity index (χ0v) is 12.0. The molecule has 0 aliphatic carbocycles. The van der Waals surface area contributed by atoms with Crippen molar-refractivity contribution < 1.29 is 4.92 Å². The van der Waals surface area contributed by atoms with Crippen LogP contribution in [0.1, 0.15) is 11.3 Å². The molecule has 0 atom stereocenters. The first kappa shape index (κ1) is 14.4. The van der Waals surface area contributed by atoms with Gasteiger partial charge in [-0.05, 0) is 35.9 Å². The van der Waals surface area contributed by atoms with Crippen molar-refractivity contribution in [3.05, 3.63) is 82.0 Å². The van der Waals surface area contributed by atoms with Gasteiger partial charge >= 0.3 is 0 Å². The van der Waals surface area contributed by atoms with Gasteiger partial charge in [0, 0.05) is 17.5 Å². The molecule has 3 rings (SSSR count). The molecule has 0 amide bonds. The third kappa shape index (κ3) is 3.06. The Balaban J connectivity index is 2.00. The number of para-hydroxylation sites is 1. The van der Waals surface area contributed by atoms with Crippen LogP contribution in [0.15, 0.2) is 60.7 Å². The highest BCUT2D eigenvalue weighted by molar-refractivity contribution is 5.90. The molecule has 0 fully saturated rings. The van der Waals surface area contributed by atoms with Crippen molar-refractivity contribution in [1.82, 2.24) is 4.98 Å². The largest absolute Gasteiger partial charge is 0.269 e. The van der Waals surface area contributed by atoms with E-state index >= 15 is 0 Å². The molecule has 0 saturated heterocycles. The highest BCUT2D eigenvalue weighted by Gasteiger charge is 2.06. The number of nitriles is 1. The Hall–Kier alpha value is -3.52. The molecular formula is C18H11N3O2. The van der Waals surface area contributed by atoms with Crippen LogP contribution in [0.2, 0.25) is 0 Å². The summed E-state index contributed by atoms with van der Waals surface area (Å²) >= 11 is 0. The normalized spacial score (nSPS) is 11.2. The van der Waals surface area contributed by atoms with Gasteiger partial charge in [-0.1, -0.05) is 24.3 Å². The summed E-state index contributed by atoms with van der Waals surface area (Å²) in [5.74, 6) is 0. The number of allylic oxidation sites excluding steroid dienone is 1. The van der Waals surface area contributed by atoms with Crippen LogP contribution in [0.5, 0.6) is 0 Å². The summed E-state index contributed by atoms with van der Waals surface area (Å²) in [5, 5.41) is 21.1. The minimum absolute atomic E-state index is 0.0180. The monoisotopic (exact) mass is 301 g/mol. The number of nitro groups is 1. The van der Waals surface area contributed by atoms with E-state index in [1.54, 1.807) is 24.3 Å². The van der Waals surface area contributed by atoms with Gasteiger partial charge in [-0.3, -0.25) is 10.1 Å². The molecule has 5 nitrogen and oxygen atoms in total. The number of benzene rings is 2. The van der Waals surface area contributed by atoms with Crippen molar-refractivity contribution in [2.45, 2.75) is 0 Å². The van der Waals surface area contributed by atoms with E-state index < -0.39 is 4.92 Å². The van der Waals surface area contributed by atoms with Crippen LogP contribution in [0, 0.1) is 21.4 Å². The Labute approximate surface area is 132 Å². The van der Waals surface area contributed by atoms with E-state index in [-0.39, 0.29) is 5.69 Å². The second-order valence-corrected chi connectivity index (χ2v) is 4.91. The van der Waals surface area contributed by atoms with E-state index in [0.717, 1.165) is 10.9 Å². The molecule has 2 aromatic carbocycles. The van der Waals surface area contributed by atoms with Gasteiger partial charge in [-0.25, -0.2) is 4.98 Å².